The molecule has 0 N–H and O–H groups in total. The highest BCUT2D eigenvalue weighted by Gasteiger charge is 2.27. The van der Waals surface area contributed by atoms with Gasteiger partial charge in [-0.2, -0.15) is 0 Å². The van der Waals surface area contributed by atoms with Crippen LogP contribution in [0.3, 0.4) is 0 Å². The van der Waals surface area contributed by atoms with Gasteiger partial charge in [0, 0.05) is 33.0 Å². The van der Waals surface area contributed by atoms with Crippen molar-refractivity contribution in [1.29, 1.82) is 0 Å². The first-order valence-electron chi connectivity index (χ1n) is 16.9. The van der Waals surface area contributed by atoms with Crippen molar-refractivity contribution in [2.75, 3.05) is 0 Å². The minimum absolute atomic E-state index is 0.114. The molecular weight excluding hydrogens is 618 g/mol. The highest BCUT2D eigenvalue weighted by Crippen LogP contribution is 2.45. The van der Waals surface area contributed by atoms with Crippen LogP contribution in [0.2, 0.25) is 0 Å². The molecule has 0 atom stereocenters. The van der Waals surface area contributed by atoms with E-state index in [0.29, 0.717) is 5.71 Å². The minimum Gasteiger partial charge on any atom is -0.437 e. The molecule has 0 bridgehead atoms. The largest absolute Gasteiger partial charge is 0.437 e. The van der Waals surface area contributed by atoms with E-state index in [-0.39, 0.29) is 11.2 Å². The number of aromatic nitrogens is 3. The fourth-order valence-corrected chi connectivity index (χ4v) is 7.18. The fraction of sp³-hybridized carbons (Fsp3) is 0.111. The molecule has 0 aliphatic rings. The van der Waals surface area contributed by atoms with Crippen molar-refractivity contribution in [1.82, 2.24) is 14.5 Å². The van der Waals surface area contributed by atoms with Crippen LogP contribution in [-0.4, -0.2) is 14.5 Å². The van der Waals surface area contributed by atoms with Gasteiger partial charge in [0.1, 0.15) is 17.2 Å². The Morgan fingerprint density at radius 3 is 1.98 bits per heavy atom. The van der Waals surface area contributed by atoms with Gasteiger partial charge in [-0.25, -0.2) is 14.4 Å². The van der Waals surface area contributed by atoms with Gasteiger partial charge in [-0.15, -0.1) is 0 Å². The van der Waals surface area contributed by atoms with Gasteiger partial charge in [0.25, 0.3) is 0 Å². The number of rotatable bonds is 4. The first kappa shape index (κ1) is 30.0. The zero-order chi connectivity index (χ0) is 34.1. The summed E-state index contributed by atoms with van der Waals surface area (Å²) < 4.78 is 23.4. The van der Waals surface area contributed by atoms with Gasteiger partial charge < -0.3 is 4.42 Å². The standard InChI is InChI=1S/C45H34FN3O/c1-27-18-21-35-34-16-11-17-36(42(34)50-44(35)47-27)43-48-40-33-22-20-32(46)24-30(33)19-23-39(40)49(43)41-37(28-12-7-5-8-13-28)25-31(45(2,3)4)26-38(41)29-14-9-6-10-15-29/h5-26H,1-4H3. The van der Waals surface area contributed by atoms with Crippen LogP contribution in [0.15, 0.2) is 138 Å². The lowest BCUT2D eigenvalue weighted by Gasteiger charge is -2.26. The van der Waals surface area contributed by atoms with E-state index in [1.165, 1.54) is 11.6 Å². The Morgan fingerprint density at radius 1 is 0.620 bits per heavy atom. The van der Waals surface area contributed by atoms with Crippen LogP contribution in [0.1, 0.15) is 32.0 Å². The number of para-hydroxylation sites is 1. The highest BCUT2D eigenvalue weighted by atomic mass is 19.1. The van der Waals surface area contributed by atoms with Crippen LogP contribution < -0.4 is 0 Å². The molecule has 0 fully saturated rings. The Kier molecular flexibility index (Phi) is 6.75. The van der Waals surface area contributed by atoms with Crippen molar-refractivity contribution in [3.8, 4) is 39.3 Å². The Labute approximate surface area is 289 Å². The lowest BCUT2D eigenvalue weighted by atomic mass is 9.82. The van der Waals surface area contributed by atoms with Crippen LogP contribution in [0.25, 0.3) is 83.2 Å². The molecule has 6 aromatic carbocycles. The third kappa shape index (κ3) is 4.80. The van der Waals surface area contributed by atoms with E-state index in [2.05, 4.69) is 128 Å². The summed E-state index contributed by atoms with van der Waals surface area (Å²) in [7, 11) is 0. The summed E-state index contributed by atoms with van der Waals surface area (Å²) in [5, 5.41) is 3.61. The third-order valence-electron chi connectivity index (χ3n) is 9.72. The second-order valence-electron chi connectivity index (χ2n) is 14.1. The zero-order valence-electron chi connectivity index (χ0n) is 28.3. The molecule has 3 heterocycles. The highest BCUT2D eigenvalue weighted by molar-refractivity contribution is 6.11. The summed E-state index contributed by atoms with van der Waals surface area (Å²) in [6.45, 7) is 8.74. The normalized spacial score (nSPS) is 12.1. The van der Waals surface area contributed by atoms with Crippen molar-refractivity contribution in [3.05, 3.63) is 151 Å². The smallest absolute Gasteiger partial charge is 0.227 e. The monoisotopic (exact) mass is 651 g/mol. The van der Waals surface area contributed by atoms with E-state index in [0.717, 1.165) is 83.2 Å². The number of aryl methyl sites for hydroxylation is 1. The molecule has 0 spiro atoms. The maximum Gasteiger partial charge on any atom is 0.227 e. The average molecular weight is 652 g/mol. The number of hydrogen-bond acceptors (Lipinski definition) is 3. The first-order valence-corrected chi connectivity index (χ1v) is 16.9. The van der Waals surface area contributed by atoms with Crippen LogP contribution >= 0.6 is 0 Å². The van der Waals surface area contributed by atoms with E-state index >= 15 is 0 Å². The molecule has 0 radical (unpaired) electrons. The number of hydrogen-bond donors (Lipinski definition) is 0. The number of imidazole rings is 1. The Hall–Kier alpha value is -6.07. The molecule has 3 aromatic heterocycles. The molecular formula is C45H34FN3O. The molecule has 0 amide bonds. The van der Waals surface area contributed by atoms with Crippen LogP contribution in [0.5, 0.6) is 0 Å². The summed E-state index contributed by atoms with van der Waals surface area (Å²) in [5.74, 6) is 0.456. The number of nitrogens with zero attached hydrogens (tertiary/aromatic N) is 3. The van der Waals surface area contributed by atoms with E-state index in [1.807, 2.05) is 25.1 Å². The topological polar surface area (TPSA) is 43.9 Å². The maximum atomic E-state index is 14.5. The number of benzene rings is 6. The summed E-state index contributed by atoms with van der Waals surface area (Å²) in [6, 6.07) is 45.1. The third-order valence-corrected chi connectivity index (χ3v) is 9.72. The minimum atomic E-state index is -0.276. The molecule has 0 saturated carbocycles. The van der Waals surface area contributed by atoms with Gasteiger partial charge in [0.05, 0.1) is 22.3 Å². The van der Waals surface area contributed by atoms with Crippen molar-refractivity contribution in [2.24, 2.45) is 0 Å². The first-order chi connectivity index (χ1) is 24.2. The zero-order valence-corrected chi connectivity index (χ0v) is 28.3. The summed E-state index contributed by atoms with van der Waals surface area (Å²) in [4.78, 5) is 10.2. The predicted molar refractivity (Wildman–Crippen MR) is 203 cm³/mol. The van der Waals surface area contributed by atoms with Crippen LogP contribution in [-0.2, 0) is 5.41 Å². The molecule has 5 heteroatoms. The lowest BCUT2D eigenvalue weighted by Crippen LogP contribution is -2.13. The second-order valence-corrected chi connectivity index (χ2v) is 14.1. The van der Waals surface area contributed by atoms with E-state index in [1.54, 1.807) is 6.07 Å². The molecule has 0 unspecified atom stereocenters. The summed E-state index contributed by atoms with van der Waals surface area (Å²) in [6.07, 6.45) is 0. The number of pyridine rings is 1. The van der Waals surface area contributed by atoms with Crippen molar-refractivity contribution in [3.63, 3.8) is 0 Å². The van der Waals surface area contributed by atoms with Gasteiger partial charge in [-0.3, -0.25) is 4.57 Å². The quantitative estimate of drug-likeness (QED) is 0.190. The van der Waals surface area contributed by atoms with Gasteiger partial charge in [0.2, 0.25) is 5.71 Å². The molecule has 0 saturated heterocycles. The van der Waals surface area contributed by atoms with Gasteiger partial charge in [-0.05, 0) is 89.0 Å². The maximum absolute atomic E-state index is 14.5. The Balaban J connectivity index is 1.49. The number of fused-ring (bicyclic) bond motifs is 6. The lowest BCUT2D eigenvalue weighted by molar-refractivity contribution is 0.590. The van der Waals surface area contributed by atoms with Gasteiger partial charge in [0.15, 0.2) is 0 Å². The van der Waals surface area contributed by atoms with Crippen LogP contribution in [0.4, 0.5) is 4.39 Å². The Bertz CT molecular complexity index is 2690. The molecule has 0 aliphatic heterocycles. The fourth-order valence-electron chi connectivity index (χ4n) is 7.18. The van der Waals surface area contributed by atoms with E-state index < -0.39 is 0 Å². The van der Waals surface area contributed by atoms with Crippen molar-refractivity contribution < 1.29 is 8.81 Å². The van der Waals surface area contributed by atoms with Crippen molar-refractivity contribution >= 4 is 43.9 Å². The predicted octanol–water partition coefficient (Wildman–Crippen LogP) is 12.2. The second kappa shape index (κ2) is 11.2. The van der Waals surface area contributed by atoms with Crippen LogP contribution in [0, 0.1) is 12.7 Å². The summed E-state index contributed by atoms with van der Waals surface area (Å²) >= 11 is 0. The SMILES string of the molecule is Cc1ccc2c(n1)oc1c(-c3nc4c5ccc(F)cc5ccc4n3-c3c(-c4ccccc4)cc(C(C)(C)C)cc3-c3ccccc3)cccc12. The van der Waals surface area contributed by atoms with E-state index in [4.69, 9.17) is 14.4 Å². The molecule has 9 aromatic rings. The molecule has 50 heavy (non-hydrogen) atoms. The Morgan fingerprint density at radius 2 is 1.30 bits per heavy atom. The number of furan rings is 1. The van der Waals surface area contributed by atoms with Crippen molar-refractivity contribution in [2.45, 2.75) is 33.1 Å². The molecule has 4 nitrogen and oxygen atoms in total. The van der Waals surface area contributed by atoms with Gasteiger partial charge >= 0.3 is 0 Å². The molecule has 242 valence electrons. The summed E-state index contributed by atoms with van der Waals surface area (Å²) in [5.41, 5.74) is 11.3. The van der Waals surface area contributed by atoms with E-state index in [9.17, 15) is 4.39 Å². The molecule has 9 rings (SSSR count). The molecule has 0 aliphatic carbocycles. The average Bonchev–Trinajstić information content (AvgIpc) is 3.69. The number of halogens is 1. The van der Waals surface area contributed by atoms with Gasteiger partial charge in [-0.1, -0.05) is 99.6 Å².